The summed E-state index contributed by atoms with van der Waals surface area (Å²) in [7, 11) is -9.03. The SMILES string of the molecule is C[C@]12CC[C@@H]3c4ccc(OS(=O)(=O)O)cc4CC[C@H]3[C@@H]1CC[C@@H]2OS(=O)(=O)O.[K].[K]. The Balaban J connectivity index is 0.00000160. The summed E-state index contributed by atoms with van der Waals surface area (Å²) in [5, 5.41) is 0. The zero-order valence-corrected chi connectivity index (χ0v) is 25.3. The molecule has 1 aromatic carbocycles. The fraction of sp³-hybridized carbons (Fsp3) is 0.667. The Kier molecular flexibility index (Phi) is 9.78. The van der Waals surface area contributed by atoms with E-state index in [1.165, 1.54) is 5.56 Å². The summed E-state index contributed by atoms with van der Waals surface area (Å²) >= 11 is 0. The fourth-order valence-corrected chi connectivity index (χ4v) is 6.95. The summed E-state index contributed by atoms with van der Waals surface area (Å²) in [6.07, 6.45) is 4.30. The summed E-state index contributed by atoms with van der Waals surface area (Å²) in [5.41, 5.74) is 1.90. The molecule has 8 nitrogen and oxygen atoms in total. The van der Waals surface area contributed by atoms with Crippen molar-refractivity contribution in [2.75, 3.05) is 0 Å². The van der Waals surface area contributed by atoms with Gasteiger partial charge in [0.1, 0.15) is 5.75 Å². The first-order chi connectivity index (χ1) is 13.0. The van der Waals surface area contributed by atoms with Crippen molar-refractivity contribution in [1.82, 2.24) is 0 Å². The van der Waals surface area contributed by atoms with E-state index in [9.17, 15) is 16.8 Å². The van der Waals surface area contributed by atoms with Crippen LogP contribution < -0.4 is 4.18 Å². The first-order valence-corrected chi connectivity index (χ1v) is 12.1. The molecule has 12 heteroatoms. The van der Waals surface area contributed by atoms with Crippen LogP contribution in [0.5, 0.6) is 5.75 Å². The minimum atomic E-state index is -4.55. The predicted molar refractivity (Wildman–Crippen MR) is 111 cm³/mol. The molecule has 0 aromatic heterocycles. The first-order valence-electron chi connectivity index (χ1n) is 9.42. The molecule has 2 fully saturated rings. The molecule has 2 N–H and O–H groups in total. The van der Waals surface area contributed by atoms with Gasteiger partial charge in [0.05, 0.1) is 6.10 Å². The third-order valence-corrected chi connectivity index (χ3v) is 7.93. The molecule has 0 amide bonds. The van der Waals surface area contributed by atoms with E-state index in [2.05, 4.69) is 11.1 Å². The Bertz CT molecular complexity index is 997. The molecule has 0 saturated heterocycles. The van der Waals surface area contributed by atoms with Gasteiger partial charge in [-0.1, -0.05) is 13.0 Å². The van der Waals surface area contributed by atoms with Crippen LogP contribution in [0, 0.1) is 17.3 Å². The van der Waals surface area contributed by atoms with Crippen LogP contribution in [0.4, 0.5) is 0 Å². The number of benzene rings is 1. The van der Waals surface area contributed by atoms with Gasteiger partial charge in [0, 0.05) is 103 Å². The maximum atomic E-state index is 11.2. The van der Waals surface area contributed by atoms with Gasteiger partial charge in [0.15, 0.2) is 0 Å². The monoisotopic (exact) mass is 510 g/mol. The quantitative estimate of drug-likeness (QED) is 0.466. The molecule has 30 heavy (non-hydrogen) atoms. The molecule has 0 unspecified atom stereocenters. The van der Waals surface area contributed by atoms with Crippen LogP contribution >= 0.6 is 0 Å². The van der Waals surface area contributed by atoms with Crippen molar-refractivity contribution in [1.29, 1.82) is 0 Å². The molecule has 0 heterocycles. The number of rotatable bonds is 4. The smallest absolute Gasteiger partial charge is 0.362 e. The molecule has 5 atom stereocenters. The van der Waals surface area contributed by atoms with Gasteiger partial charge in [-0.15, -0.1) is 0 Å². The summed E-state index contributed by atoms with van der Waals surface area (Å²) in [5.74, 6) is 1.10. The van der Waals surface area contributed by atoms with Crippen molar-refractivity contribution in [2.45, 2.75) is 57.5 Å². The molecular weight excluding hydrogens is 487 g/mol. The minimum Gasteiger partial charge on any atom is -0.362 e. The van der Waals surface area contributed by atoms with Crippen LogP contribution in [0.1, 0.15) is 56.1 Å². The van der Waals surface area contributed by atoms with E-state index in [1.807, 2.05) is 6.07 Å². The van der Waals surface area contributed by atoms with E-state index in [0.717, 1.165) is 37.7 Å². The van der Waals surface area contributed by atoms with E-state index in [0.29, 0.717) is 24.2 Å². The molecule has 0 spiro atoms. The molecule has 0 aliphatic heterocycles. The van der Waals surface area contributed by atoms with Crippen LogP contribution in [0.25, 0.3) is 0 Å². The summed E-state index contributed by atoms with van der Waals surface area (Å²) in [6.45, 7) is 2.06. The average Bonchev–Trinajstić information content (AvgIpc) is 2.88. The van der Waals surface area contributed by atoms with Crippen LogP contribution in [0.2, 0.25) is 0 Å². The van der Waals surface area contributed by atoms with Gasteiger partial charge in [-0.25, -0.2) is 4.18 Å². The Hall–Kier alpha value is 2.07. The van der Waals surface area contributed by atoms with Gasteiger partial charge in [-0.05, 0) is 85.0 Å². The van der Waals surface area contributed by atoms with Gasteiger partial charge >= 0.3 is 20.8 Å². The molecular formula is C18H24K2O8S2. The zero-order valence-electron chi connectivity index (χ0n) is 17.4. The first kappa shape index (κ1) is 28.3. The molecule has 158 valence electrons. The van der Waals surface area contributed by atoms with Crippen molar-refractivity contribution in [3.8, 4) is 5.75 Å². The number of hydrogen-bond donors (Lipinski definition) is 2. The van der Waals surface area contributed by atoms with E-state index in [4.69, 9.17) is 13.3 Å². The predicted octanol–water partition coefficient (Wildman–Crippen LogP) is 2.15. The molecule has 2 saturated carbocycles. The summed E-state index contributed by atoms with van der Waals surface area (Å²) < 4.78 is 72.0. The van der Waals surface area contributed by atoms with Gasteiger partial charge in [0.25, 0.3) is 0 Å². The van der Waals surface area contributed by atoms with E-state index in [-0.39, 0.29) is 114 Å². The molecule has 1 aromatic rings. The zero-order chi connectivity index (χ0) is 20.3. The topological polar surface area (TPSA) is 127 Å². The second-order valence-corrected chi connectivity index (χ2v) is 10.5. The number of aryl methyl sites for hydroxylation is 1. The Morgan fingerprint density at radius 3 is 2.33 bits per heavy atom. The molecule has 0 bridgehead atoms. The maximum Gasteiger partial charge on any atom is 0.446 e. The Morgan fingerprint density at radius 2 is 1.70 bits per heavy atom. The largest absolute Gasteiger partial charge is 0.446 e. The van der Waals surface area contributed by atoms with E-state index >= 15 is 0 Å². The second-order valence-electron chi connectivity index (χ2n) is 8.42. The van der Waals surface area contributed by atoms with E-state index < -0.39 is 26.9 Å². The van der Waals surface area contributed by atoms with Crippen molar-refractivity contribution < 1.29 is 34.3 Å². The number of fused-ring (bicyclic) bond motifs is 5. The van der Waals surface area contributed by atoms with Gasteiger partial charge in [0.2, 0.25) is 0 Å². The van der Waals surface area contributed by atoms with Crippen molar-refractivity contribution in [3.05, 3.63) is 29.3 Å². The fourth-order valence-electron chi connectivity index (χ4n) is 5.99. The normalized spacial score (nSPS) is 32.6. The molecule has 4 rings (SSSR count). The molecule has 3 aliphatic rings. The van der Waals surface area contributed by atoms with Crippen molar-refractivity contribution >= 4 is 124 Å². The minimum absolute atomic E-state index is 0. The second kappa shape index (κ2) is 10.4. The summed E-state index contributed by atoms with van der Waals surface area (Å²) in [6, 6.07) is 5.10. The number of hydrogen-bond acceptors (Lipinski definition) is 6. The van der Waals surface area contributed by atoms with Crippen LogP contribution in [0.3, 0.4) is 0 Å². The van der Waals surface area contributed by atoms with Crippen LogP contribution in [-0.4, -0.2) is 135 Å². The maximum absolute atomic E-state index is 11.2. The van der Waals surface area contributed by atoms with Crippen LogP contribution in [0.15, 0.2) is 18.2 Å². The Morgan fingerprint density at radius 1 is 1.00 bits per heavy atom. The van der Waals surface area contributed by atoms with Crippen LogP contribution in [-0.2, 0) is 31.4 Å². The Labute approximate surface area is 263 Å². The third kappa shape index (κ3) is 6.00. The molecule has 3 aliphatic carbocycles. The van der Waals surface area contributed by atoms with Gasteiger partial charge in [-0.2, -0.15) is 16.8 Å². The van der Waals surface area contributed by atoms with Gasteiger partial charge < -0.3 is 4.18 Å². The average molecular weight is 511 g/mol. The van der Waals surface area contributed by atoms with Crippen molar-refractivity contribution in [3.63, 3.8) is 0 Å². The van der Waals surface area contributed by atoms with Gasteiger partial charge in [-0.3, -0.25) is 9.11 Å². The summed E-state index contributed by atoms with van der Waals surface area (Å²) in [4.78, 5) is 0. The standard InChI is InChI=1S/C18H24O8S2.2K/c1-18-9-8-14-13-5-3-12(25-27(19,20)21)10-11(13)2-4-15(14)16(18)6-7-17(18)26-28(22,23)24;;/h3,5,10,14-17H,2,4,6-9H2,1H3,(H,19,20,21)(H,22,23,24);;/t14-,15-,16+,17+,18+;;/m1../s1. The third-order valence-electron chi connectivity index (χ3n) is 7.05. The van der Waals surface area contributed by atoms with E-state index in [1.54, 1.807) is 12.1 Å². The van der Waals surface area contributed by atoms with Crippen molar-refractivity contribution in [2.24, 2.45) is 17.3 Å². The molecule has 2 radical (unpaired) electrons.